The lowest BCUT2D eigenvalue weighted by Gasteiger charge is -2.06. The van der Waals surface area contributed by atoms with E-state index in [2.05, 4.69) is 26.6 Å². The van der Waals surface area contributed by atoms with Gasteiger partial charge in [-0.1, -0.05) is 34.1 Å². The SMILES string of the molecule is N#C/C(=C/Nc1cccc(Br)c1)C(=O)Nc1ccccc1[N+](=O)[O-]. The molecule has 2 aromatic carbocycles. The lowest BCUT2D eigenvalue weighted by Crippen LogP contribution is -2.15. The van der Waals surface area contributed by atoms with E-state index in [1.165, 1.54) is 24.4 Å². The summed E-state index contributed by atoms with van der Waals surface area (Å²) in [6.45, 7) is 0. The van der Waals surface area contributed by atoms with Crippen molar-refractivity contribution in [2.75, 3.05) is 10.6 Å². The summed E-state index contributed by atoms with van der Waals surface area (Å²) in [6, 6.07) is 14.6. The number of carbonyl (C=O) groups excluding carboxylic acids is 1. The van der Waals surface area contributed by atoms with Crippen molar-refractivity contribution in [1.29, 1.82) is 5.26 Å². The molecule has 2 rings (SSSR count). The Morgan fingerprint density at radius 2 is 2.00 bits per heavy atom. The summed E-state index contributed by atoms with van der Waals surface area (Å²) in [5, 5.41) is 25.3. The Morgan fingerprint density at radius 1 is 1.25 bits per heavy atom. The van der Waals surface area contributed by atoms with Gasteiger partial charge in [0.1, 0.15) is 17.3 Å². The molecule has 2 N–H and O–H groups in total. The Kier molecular flexibility index (Phi) is 5.65. The molecule has 0 saturated heterocycles. The molecule has 0 radical (unpaired) electrons. The third-order valence-corrected chi connectivity index (χ3v) is 3.42. The summed E-state index contributed by atoms with van der Waals surface area (Å²) in [5.74, 6) is -0.741. The summed E-state index contributed by atoms with van der Waals surface area (Å²) in [4.78, 5) is 22.5. The van der Waals surface area contributed by atoms with Gasteiger partial charge in [-0.25, -0.2) is 0 Å². The molecule has 0 saturated carbocycles. The highest BCUT2D eigenvalue weighted by molar-refractivity contribution is 9.10. The summed E-state index contributed by atoms with van der Waals surface area (Å²) >= 11 is 3.31. The van der Waals surface area contributed by atoms with Crippen molar-refractivity contribution < 1.29 is 9.72 Å². The normalized spacial score (nSPS) is 10.6. The smallest absolute Gasteiger partial charge is 0.292 e. The minimum Gasteiger partial charge on any atom is -0.360 e. The Balaban J connectivity index is 2.16. The lowest BCUT2D eigenvalue weighted by molar-refractivity contribution is -0.383. The van der Waals surface area contributed by atoms with Gasteiger partial charge in [0.05, 0.1) is 4.92 Å². The van der Waals surface area contributed by atoms with Gasteiger partial charge in [-0.2, -0.15) is 5.26 Å². The highest BCUT2D eigenvalue weighted by Gasteiger charge is 2.17. The molecule has 0 atom stereocenters. The topological polar surface area (TPSA) is 108 Å². The van der Waals surface area contributed by atoms with Crippen LogP contribution in [0.2, 0.25) is 0 Å². The molecule has 7 nitrogen and oxygen atoms in total. The lowest BCUT2D eigenvalue weighted by atomic mass is 10.2. The number of benzene rings is 2. The average molecular weight is 387 g/mol. The number of para-hydroxylation sites is 2. The fraction of sp³-hybridized carbons (Fsp3) is 0. The predicted molar refractivity (Wildman–Crippen MR) is 93.2 cm³/mol. The zero-order valence-corrected chi connectivity index (χ0v) is 13.8. The van der Waals surface area contributed by atoms with E-state index in [0.29, 0.717) is 5.69 Å². The van der Waals surface area contributed by atoms with Crippen molar-refractivity contribution in [1.82, 2.24) is 0 Å². The van der Waals surface area contributed by atoms with Crippen LogP contribution in [0.15, 0.2) is 64.8 Å². The van der Waals surface area contributed by atoms with Crippen LogP contribution in [0.3, 0.4) is 0 Å². The monoisotopic (exact) mass is 386 g/mol. The van der Waals surface area contributed by atoms with E-state index in [-0.39, 0.29) is 16.9 Å². The van der Waals surface area contributed by atoms with Gasteiger partial charge in [0.2, 0.25) is 0 Å². The molecule has 0 fully saturated rings. The second-order valence-corrected chi connectivity index (χ2v) is 5.47. The summed E-state index contributed by atoms with van der Waals surface area (Å²) in [5.41, 5.74) is 0.239. The highest BCUT2D eigenvalue weighted by atomic mass is 79.9. The molecule has 2 aromatic rings. The van der Waals surface area contributed by atoms with Crippen molar-refractivity contribution in [2.45, 2.75) is 0 Å². The summed E-state index contributed by atoms with van der Waals surface area (Å²) in [6.07, 6.45) is 1.24. The van der Waals surface area contributed by atoms with E-state index >= 15 is 0 Å². The predicted octanol–water partition coefficient (Wildman–Crippen LogP) is 3.82. The summed E-state index contributed by atoms with van der Waals surface area (Å²) in [7, 11) is 0. The van der Waals surface area contributed by atoms with Crippen LogP contribution in [0.25, 0.3) is 0 Å². The largest absolute Gasteiger partial charge is 0.360 e. The van der Waals surface area contributed by atoms with Gasteiger partial charge in [0.25, 0.3) is 11.6 Å². The number of nitrogens with zero attached hydrogens (tertiary/aromatic N) is 2. The minimum atomic E-state index is -0.741. The molecular formula is C16H11BrN4O3. The van der Waals surface area contributed by atoms with Crippen LogP contribution < -0.4 is 10.6 Å². The number of nitriles is 1. The Bertz CT molecular complexity index is 858. The first-order valence-corrected chi connectivity index (χ1v) is 7.47. The Labute approximate surface area is 145 Å². The number of nitro groups is 1. The van der Waals surface area contributed by atoms with Crippen LogP contribution in [0.1, 0.15) is 0 Å². The van der Waals surface area contributed by atoms with Crippen LogP contribution >= 0.6 is 15.9 Å². The molecule has 0 heterocycles. The first-order chi connectivity index (χ1) is 11.5. The third kappa shape index (κ3) is 4.41. The zero-order valence-electron chi connectivity index (χ0n) is 12.2. The van der Waals surface area contributed by atoms with Crippen molar-refractivity contribution in [3.8, 4) is 6.07 Å². The van der Waals surface area contributed by atoms with Gasteiger partial charge in [-0.15, -0.1) is 0 Å². The first-order valence-electron chi connectivity index (χ1n) is 6.68. The van der Waals surface area contributed by atoms with E-state index < -0.39 is 10.8 Å². The van der Waals surface area contributed by atoms with Gasteiger partial charge in [-0.3, -0.25) is 14.9 Å². The van der Waals surface area contributed by atoms with E-state index in [4.69, 9.17) is 5.26 Å². The van der Waals surface area contributed by atoms with Gasteiger partial charge in [0, 0.05) is 22.4 Å². The molecule has 1 amide bonds. The van der Waals surface area contributed by atoms with Crippen LogP contribution in [-0.2, 0) is 4.79 Å². The number of rotatable bonds is 5. The van der Waals surface area contributed by atoms with E-state index in [1.807, 2.05) is 6.07 Å². The van der Waals surface area contributed by atoms with Crippen molar-refractivity contribution in [3.63, 3.8) is 0 Å². The standard InChI is InChI=1S/C16H11BrN4O3/c17-12-4-3-5-13(8-12)19-10-11(9-18)16(22)20-14-6-1-2-7-15(14)21(23)24/h1-8,10,19H,(H,20,22)/b11-10-. The quantitative estimate of drug-likeness (QED) is 0.351. The molecule has 0 aliphatic rings. The highest BCUT2D eigenvalue weighted by Crippen LogP contribution is 2.23. The first kappa shape index (κ1) is 17.2. The molecule has 24 heavy (non-hydrogen) atoms. The number of carbonyl (C=O) groups is 1. The molecule has 0 unspecified atom stereocenters. The van der Waals surface area contributed by atoms with Crippen LogP contribution in [0.5, 0.6) is 0 Å². The number of anilines is 2. The third-order valence-electron chi connectivity index (χ3n) is 2.92. The van der Waals surface area contributed by atoms with Crippen molar-refractivity contribution in [2.24, 2.45) is 0 Å². The number of nitro benzene ring substituents is 1. The molecule has 120 valence electrons. The van der Waals surface area contributed by atoms with E-state index in [9.17, 15) is 14.9 Å². The van der Waals surface area contributed by atoms with E-state index in [1.54, 1.807) is 30.3 Å². The fourth-order valence-electron chi connectivity index (χ4n) is 1.81. The van der Waals surface area contributed by atoms with Crippen molar-refractivity contribution >= 4 is 38.9 Å². The maximum Gasteiger partial charge on any atom is 0.292 e. The number of halogens is 1. The fourth-order valence-corrected chi connectivity index (χ4v) is 2.21. The summed E-state index contributed by atoms with van der Waals surface area (Å²) < 4.78 is 0.837. The number of hydrogen-bond acceptors (Lipinski definition) is 5. The second kappa shape index (κ2) is 7.89. The molecule has 0 aromatic heterocycles. The van der Waals surface area contributed by atoms with Crippen LogP contribution in [0, 0.1) is 21.4 Å². The average Bonchev–Trinajstić information content (AvgIpc) is 2.55. The number of nitrogens with one attached hydrogen (secondary N) is 2. The van der Waals surface area contributed by atoms with Gasteiger partial charge in [-0.05, 0) is 24.3 Å². The molecule has 0 spiro atoms. The zero-order chi connectivity index (χ0) is 17.5. The number of amides is 1. The van der Waals surface area contributed by atoms with Gasteiger partial charge < -0.3 is 10.6 Å². The molecule has 0 aliphatic heterocycles. The van der Waals surface area contributed by atoms with Gasteiger partial charge in [0.15, 0.2) is 0 Å². The van der Waals surface area contributed by atoms with Crippen molar-refractivity contribution in [3.05, 3.63) is 74.9 Å². The Hall–Kier alpha value is -3.18. The maximum absolute atomic E-state index is 12.1. The second-order valence-electron chi connectivity index (χ2n) is 4.55. The molecule has 0 bridgehead atoms. The number of hydrogen-bond donors (Lipinski definition) is 2. The van der Waals surface area contributed by atoms with Crippen LogP contribution in [-0.4, -0.2) is 10.8 Å². The van der Waals surface area contributed by atoms with Gasteiger partial charge >= 0.3 is 0 Å². The maximum atomic E-state index is 12.1. The minimum absolute atomic E-state index is 0.0242. The molecule has 0 aliphatic carbocycles. The molecule has 8 heteroatoms. The molecular weight excluding hydrogens is 376 g/mol. The van der Waals surface area contributed by atoms with E-state index in [0.717, 1.165) is 4.47 Å². The Morgan fingerprint density at radius 3 is 2.67 bits per heavy atom. The van der Waals surface area contributed by atoms with Crippen LogP contribution in [0.4, 0.5) is 17.1 Å².